The number of aromatic nitrogens is 2. The van der Waals surface area contributed by atoms with Crippen LogP contribution in [0.3, 0.4) is 0 Å². The minimum absolute atomic E-state index is 0.152. The van der Waals surface area contributed by atoms with Crippen molar-refractivity contribution >= 4 is 40.0 Å². The number of carbonyl (C=O) groups is 2. The topological polar surface area (TPSA) is 86.9 Å². The number of carbonyl (C=O) groups excluding carboxylic acids is 2. The summed E-state index contributed by atoms with van der Waals surface area (Å²) in [5.41, 5.74) is 2.69. The highest BCUT2D eigenvalue weighted by molar-refractivity contribution is 6.31. The molecule has 2 amide bonds. The van der Waals surface area contributed by atoms with Gasteiger partial charge in [0.2, 0.25) is 5.91 Å². The van der Waals surface area contributed by atoms with Gasteiger partial charge >= 0.3 is 0 Å². The molecule has 3 aromatic rings. The summed E-state index contributed by atoms with van der Waals surface area (Å²) in [6.07, 6.45) is 0.152. The summed E-state index contributed by atoms with van der Waals surface area (Å²) in [5, 5.41) is 13.6. The van der Waals surface area contributed by atoms with Gasteiger partial charge < -0.3 is 10.6 Å². The predicted octanol–water partition coefficient (Wildman–Crippen LogP) is 3.28. The van der Waals surface area contributed by atoms with Crippen molar-refractivity contribution in [1.29, 1.82) is 0 Å². The average molecular weight is 357 g/mol. The lowest BCUT2D eigenvalue weighted by molar-refractivity contribution is -0.116. The second-order valence-corrected chi connectivity index (χ2v) is 6.04. The molecule has 0 aliphatic carbocycles. The zero-order chi connectivity index (χ0) is 17.8. The number of aromatic amines is 1. The van der Waals surface area contributed by atoms with E-state index in [9.17, 15) is 9.59 Å². The lowest BCUT2D eigenvalue weighted by atomic mass is 10.2. The first-order valence-electron chi connectivity index (χ1n) is 7.82. The van der Waals surface area contributed by atoms with Gasteiger partial charge in [0.25, 0.3) is 5.91 Å². The van der Waals surface area contributed by atoms with Crippen LogP contribution in [-0.2, 0) is 4.79 Å². The molecule has 25 heavy (non-hydrogen) atoms. The Bertz CT molecular complexity index is 936. The zero-order valence-electron chi connectivity index (χ0n) is 13.6. The first kappa shape index (κ1) is 17.0. The van der Waals surface area contributed by atoms with Crippen molar-refractivity contribution in [3.8, 4) is 0 Å². The van der Waals surface area contributed by atoms with Gasteiger partial charge in [-0.05, 0) is 30.7 Å². The molecule has 7 heteroatoms. The maximum absolute atomic E-state index is 12.2. The molecule has 128 valence electrons. The average Bonchev–Trinajstić information content (AvgIpc) is 3.02. The monoisotopic (exact) mass is 356 g/mol. The van der Waals surface area contributed by atoms with E-state index in [-0.39, 0.29) is 24.8 Å². The number of nitrogens with one attached hydrogen (secondary N) is 3. The summed E-state index contributed by atoms with van der Waals surface area (Å²) in [6, 6.07) is 12.7. The van der Waals surface area contributed by atoms with Crippen molar-refractivity contribution in [2.24, 2.45) is 0 Å². The first-order valence-corrected chi connectivity index (χ1v) is 8.19. The van der Waals surface area contributed by atoms with Crippen molar-refractivity contribution in [3.63, 3.8) is 0 Å². The number of para-hydroxylation sites is 1. The van der Waals surface area contributed by atoms with Gasteiger partial charge in [0.05, 0.1) is 5.52 Å². The number of nitrogens with zero attached hydrogens (tertiary/aromatic N) is 1. The Morgan fingerprint density at radius 3 is 2.80 bits per heavy atom. The molecule has 1 aromatic heterocycles. The van der Waals surface area contributed by atoms with E-state index in [0.717, 1.165) is 16.5 Å². The van der Waals surface area contributed by atoms with E-state index in [1.807, 2.05) is 37.3 Å². The molecule has 0 radical (unpaired) electrons. The van der Waals surface area contributed by atoms with Gasteiger partial charge in [-0.15, -0.1) is 0 Å². The van der Waals surface area contributed by atoms with Crippen molar-refractivity contribution in [2.45, 2.75) is 13.3 Å². The number of fused-ring (bicyclic) bond motifs is 1. The summed E-state index contributed by atoms with van der Waals surface area (Å²) >= 11 is 6.03. The molecular formula is C18H17ClN4O2. The molecule has 0 bridgehead atoms. The van der Waals surface area contributed by atoms with Gasteiger partial charge in [0.1, 0.15) is 0 Å². The van der Waals surface area contributed by atoms with E-state index in [0.29, 0.717) is 16.4 Å². The van der Waals surface area contributed by atoms with Gasteiger partial charge in [-0.3, -0.25) is 14.7 Å². The van der Waals surface area contributed by atoms with Gasteiger partial charge in [-0.2, -0.15) is 5.10 Å². The number of anilines is 1. The second kappa shape index (κ2) is 7.36. The fraction of sp³-hybridized carbons (Fsp3) is 0.167. The van der Waals surface area contributed by atoms with Gasteiger partial charge in [0, 0.05) is 29.1 Å². The van der Waals surface area contributed by atoms with Crippen LogP contribution in [0, 0.1) is 6.92 Å². The third-order valence-electron chi connectivity index (χ3n) is 3.78. The van der Waals surface area contributed by atoms with Gasteiger partial charge in [-0.1, -0.05) is 35.9 Å². The van der Waals surface area contributed by atoms with Gasteiger partial charge in [-0.25, -0.2) is 0 Å². The molecule has 0 spiro atoms. The maximum Gasteiger partial charge on any atom is 0.272 e. The van der Waals surface area contributed by atoms with Gasteiger partial charge in [0.15, 0.2) is 5.69 Å². The SMILES string of the molecule is Cc1ccc(NC(=O)CCNC(=O)c2n[nH]c3ccccc23)cc1Cl. The lowest BCUT2D eigenvalue weighted by Crippen LogP contribution is -2.28. The minimum atomic E-state index is -0.316. The third kappa shape index (κ3) is 3.97. The van der Waals surface area contributed by atoms with Crippen molar-refractivity contribution < 1.29 is 9.59 Å². The largest absolute Gasteiger partial charge is 0.350 e. The Hall–Kier alpha value is -2.86. The summed E-state index contributed by atoms with van der Waals surface area (Å²) in [6.45, 7) is 2.10. The number of benzene rings is 2. The molecule has 0 unspecified atom stereocenters. The first-order chi connectivity index (χ1) is 12.0. The highest BCUT2D eigenvalue weighted by Gasteiger charge is 2.13. The number of H-pyrrole nitrogens is 1. The standard InChI is InChI=1S/C18H17ClN4O2/c1-11-6-7-12(10-14(11)19)21-16(24)8-9-20-18(25)17-13-4-2-3-5-15(13)22-23-17/h2-7,10H,8-9H2,1H3,(H,20,25)(H,21,24)(H,22,23). The van der Waals surface area contributed by atoms with Crippen LogP contribution in [-0.4, -0.2) is 28.6 Å². The molecule has 2 aromatic carbocycles. The van der Waals surface area contributed by atoms with Crippen LogP contribution in [0.1, 0.15) is 22.5 Å². The fourth-order valence-electron chi connectivity index (χ4n) is 2.40. The van der Waals surface area contributed by atoms with Crippen molar-refractivity contribution in [3.05, 3.63) is 58.7 Å². The van der Waals surface area contributed by atoms with Crippen LogP contribution in [0.2, 0.25) is 5.02 Å². The summed E-state index contributed by atoms with van der Waals surface area (Å²) in [5.74, 6) is -0.518. The number of amides is 2. The molecule has 1 heterocycles. The van der Waals surface area contributed by atoms with Crippen LogP contribution in [0.4, 0.5) is 5.69 Å². The number of aryl methyl sites for hydroxylation is 1. The highest BCUT2D eigenvalue weighted by Crippen LogP contribution is 2.20. The van der Waals surface area contributed by atoms with Crippen LogP contribution < -0.4 is 10.6 Å². The van der Waals surface area contributed by atoms with E-state index >= 15 is 0 Å². The van der Waals surface area contributed by atoms with Crippen LogP contribution in [0.15, 0.2) is 42.5 Å². The molecule has 0 atom stereocenters. The fourth-order valence-corrected chi connectivity index (χ4v) is 2.58. The number of hydrogen-bond acceptors (Lipinski definition) is 3. The molecule has 0 aliphatic rings. The molecule has 0 saturated carbocycles. The quantitative estimate of drug-likeness (QED) is 0.655. The predicted molar refractivity (Wildman–Crippen MR) is 97.9 cm³/mol. The molecular weight excluding hydrogens is 340 g/mol. The van der Waals surface area contributed by atoms with E-state index in [4.69, 9.17) is 11.6 Å². The molecule has 3 rings (SSSR count). The number of rotatable bonds is 5. The third-order valence-corrected chi connectivity index (χ3v) is 4.19. The van der Waals surface area contributed by atoms with E-state index in [1.54, 1.807) is 12.1 Å². The van der Waals surface area contributed by atoms with Crippen LogP contribution in [0.5, 0.6) is 0 Å². The van der Waals surface area contributed by atoms with E-state index in [2.05, 4.69) is 20.8 Å². The normalized spacial score (nSPS) is 10.6. The molecule has 0 saturated heterocycles. The lowest BCUT2D eigenvalue weighted by Gasteiger charge is -2.07. The Morgan fingerprint density at radius 1 is 1.20 bits per heavy atom. The number of halogens is 1. The Kier molecular flexibility index (Phi) is 5.00. The Morgan fingerprint density at radius 2 is 2.00 bits per heavy atom. The van der Waals surface area contributed by atoms with Crippen LogP contribution in [0.25, 0.3) is 10.9 Å². The zero-order valence-corrected chi connectivity index (χ0v) is 14.4. The molecule has 0 aliphatic heterocycles. The summed E-state index contributed by atoms with van der Waals surface area (Å²) in [7, 11) is 0. The Balaban J connectivity index is 1.52. The van der Waals surface area contributed by atoms with E-state index in [1.165, 1.54) is 0 Å². The highest BCUT2D eigenvalue weighted by atomic mass is 35.5. The summed E-state index contributed by atoms with van der Waals surface area (Å²) in [4.78, 5) is 24.2. The molecule has 3 N–H and O–H groups in total. The maximum atomic E-state index is 12.2. The summed E-state index contributed by atoms with van der Waals surface area (Å²) < 4.78 is 0. The second-order valence-electron chi connectivity index (χ2n) is 5.64. The van der Waals surface area contributed by atoms with Crippen molar-refractivity contribution in [2.75, 3.05) is 11.9 Å². The smallest absolute Gasteiger partial charge is 0.272 e. The van der Waals surface area contributed by atoms with Crippen molar-refractivity contribution in [1.82, 2.24) is 15.5 Å². The Labute approximate surface area is 149 Å². The van der Waals surface area contributed by atoms with Crippen LogP contribution >= 0.6 is 11.6 Å². The number of hydrogen-bond donors (Lipinski definition) is 3. The molecule has 0 fully saturated rings. The minimum Gasteiger partial charge on any atom is -0.350 e. The molecule has 6 nitrogen and oxygen atoms in total. The van der Waals surface area contributed by atoms with E-state index < -0.39 is 0 Å².